The van der Waals surface area contributed by atoms with Crippen molar-refractivity contribution < 1.29 is 46.6 Å². The molecule has 4 unspecified atom stereocenters. The molecule has 24 heteroatoms. The van der Waals surface area contributed by atoms with Crippen molar-refractivity contribution in [1.82, 2.24) is 39.0 Å². The molecule has 10 atom stereocenters. The molecule has 0 aromatic carbocycles. The fraction of sp³-hybridized carbons (Fsp3) is 0.500. The summed E-state index contributed by atoms with van der Waals surface area (Å²) >= 11 is 7.42. The minimum atomic E-state index is -2.79. The molecule has 2 aliphatic heterocycles. The average Bonchev–Trinajstić information content (AvgIpc) is 3.83. The number of fused-ring (bicyclic) bond motifs is 2. The second-order valence-electron chi connectivity index (χ2n) is 10.4. The van der Waals surface area contributed by atoms with Crippen molar-refractivity contribution >= 4 is 72.9 Å². The minimum absolute atomic E-state index is 0.267. The van der Waals surface area contributed by atoms with E-state index in [0.717, 1.165) is 0 Å². The van der Waals surface area contributed by atoms with Gasteiger partial charge in [-0.15, -0.1) is 0 Å². The first-order valence-electron chi connectivity index (χ1n) is 14.3. The van der Waals surface area contributed by atoms with Gasteiger partial charge < -0.3 is 39.4 Å². The molecule has 4 aromatic rings. The first-order chi connectivity index (χ1) is 23.2. The number of aliphatic hydroxyl groups is 2. The summed E-state index contributed by atoms with van der Waals surface area (Å²) in [5.41, 5.74) is 1.22. The maximum absolute atomic E-state index is 15.2. The van der Waals surface area contributed by atoms with E-state index in [1.807, 2.05) is 12.2 Å². The Balaban J connectivity index is 1.07. The third-order valence-electron chi connectivity index (χ3n) is 7.57. The van der Waals surface area contributed by atoms with Gasteiger partial charge in [-0.05, 0) is 0 Å². The Morgan fingerprint density at radius 2 is 1.19 bits per heavy atom. The lowest BCUT2D eigenvalue weighted by molar-refractivity contribution is -0.0427. The molecule has 2 fully saturated rings. The molecule has 2 saturated heterocycles. The molecular weight excluding hydrogens is 720 g/mol. The van der Waals surface area contributed by atoms with Crippen molar-refractivity contribution in [1.29, 1.82) is 0 Å². The smallest absolute Gasteiger partial charge is 0.243 e. The molecule has 0 amide bonds. The van der Waals surface area contributed by atoms with Gasteiger partial charge in [-0.1, -0.05) is 36.6 Å². The maximum Gasteiger partial charge on any atom is 0.243 e. The van der Waals surface area contributed by atoms with E-state index in [0.29, 0.717) is 35.8 Å². The van der Waals surface area contributed by atoms with Crippen LogP contribution in [0.4, 0.5) is 20.4 Å². The Kier molecular flexibility index (Phi) is 11.3. The van der Waals surface area contributed by atoms with Crippen molar-refractivity contribution in [2.24, 2.45) is 0 Å². The van der Waals surface area contributed by atoms with Crippen LogP contribution in [0, 0.1) is 0 Å². The molecule has 2 aliphatic rings. The maximum atomic E-state index is 15.2. The Labute approximate surface area is 281 Å². The van der Waals surface area contributed by atoms with Gasteiger partial charge in [0.15, 0.2) is 58.8 Å². The third kappa shape index (κ3) is 7.09. The summed E-state index contributed by atoms with van der Waals surface area (Å²) in [7, 11) is -5.58. The standard InChI is InChI=1S/C24H30F2N10O8P2S2/c25-13-17(43-45(39)47)11(5-37)41-23(13)35-9-33-15-19(29-7-31-21(15)35)27-3-1-2-4-28-20-16-22(32-8-30-20)36(10-34-16)24-14(26)18(44-46(40)48)12(6-38)42-24/h1-2,7-14,17-18,23-24,37-38,45-46H,3-6H2,(H,39,47)(H,40,48)(H,27,29,31)(H,28,30,32)/b2-1+/t11-,12?,13-,14-,17-,18-,23-,24?/m1/s1. The number of aliphatic hydroxyl groups excluding tert-OH is 2. The number of aromatic nitrogens is 8. The summed E-state index contributed by atoms with van der Waals surface area (Å²) < 4.78 is 77.6. The summed E-state index contributed by atoms with van der Waals surface area (Å²) in [4.78, 5) is 25.5. The number of alkyl halides is 2. The van der Waals surface area contributed by atoms with Gasteiger partial charge in [0.1, 0.15) is 37.1 Å². The van der Waals surface area contributed by atoms with Gasteiger partial charge in [0.05, 0.1) is 25.9 Å². The first kappa shape index (κ1) is 35.1. The van der Waals surface area contributed by atoms with Crippen molar-refractivity contribution in [2.75, 3.05) is 36.9 Å². The summed E-state index contributed by atoms with van der Waals surface area (Å²) in [5.74, 6) is 0.746. The molecule has 0 aliphatic carbocycles. The predicted octanol–water partition coefficient (Wildman–Crippen LogP) is 1.91. The van der Waals surface area contributed by atoms with Crippen molar-refractivity contribution in [3.05, 3.63) is 37.5 Å². The molecule has 4 aromatic heterocycles. The Morgan fingerprint density at radius 3 is 1.56 bits per heavy atom. The Hall–Kier alpha value is -2.78. The molecule has 48 heavy (non-hydrogen) atoms. The van der Waals surface area contributed by atoms with Crippen LogP contribution in [0.2, 0.25) is 0 Å². The zero-order chi connectivity index (χ0) is 33.9. The molecule has 0 radical (unpaired) electrons. The van der Waals surface area contributed by atoms with Crippen molar-refractivity contribution in [3.63, 3.8) is 0 Å². The van der Waals surface area contributed by atoms with Gasteiger partial charge >= 0.3 is 0 Å². The average molecular weight is 751 g/mol. The van der Waals surface area contributed by atoms with Crippen LogP contribution < -0.4 is 10.6 Å². The van der Waals surface area contributed by atoms with Gasteiger partial charge in [0.2, 0.25) is 14.5 Å². The van der Waals surface area contributed by atoms with Crippen molar-refractivity contribution in [2.45, 2.75) is 49.2 Å². The summed E-state index contributed by atoms with van der Waals surface area (Å²) in [6.45, 7) is -0.455. The van der Waals surface area contributed by atoms with E-state index in [-0.39, 0.29) is 11.3 Å². The predicted molar refractivity (Wildman–Crippen MR) is 174 cm³/mol. The van der Waals surface area contributed by atoms with Gasteiger partial charge in [-0.25, -0.2) is 38.7 Å². The van der Waals surface area contributed by atoms with Gasteiger partial charge in [0.25, 0.3) is 0 Å². The number of anilines is 2. The molecule has 18 nitrogen and oxygen atoms in total. The van der Waals surface area contributed by atoms with Crippen LogP contribution in [0.5, 0.6) is 0 Å². The van der Waals surface area contributed by atoms with E-state index in [4.69, 9.17) is 18.5 Å². The van der Waals surface area contributed by atoms with Crippen LogP contribution in [0.15, 0.2) is 37.5 Å². The quantitative estimate of drug-likeness (QED) is 0.0615. The lowest BCUT2D eigenvalue weighted by atomic mass is 10.1. The van der Waals surface area contributed by atoms with Gasteiger partial charge in [-0.3, -0.25) is 18.3 Å². The van der Waals surface area contributed by atoms with Crippen LogP contribution in [0.3, 0.4) is 0 Å². The summed E-state index contributed by atoms with van der Waals surface area (Å²) in [6.07, 6.45) is -1.86. The van der Waals surface area contributed by atoms with E-state index in [9.17, 15) is 19.3 Å². The molecular formula is C24H30F2N10O8P2S2. The number of nitrogens with zero attached hydrogens (tertiary/aromatic N) is 8. The van der Waals surface area contributed by atoms with E-state index in [2.05, 4.69) is 65.0 Å². The van der Waals surface area contributed by atoms with Crippen LogP contribution in [-0.4, -0.2) is 112 Å². The second-order valence-corrected chi connectivity index (χ2v) is 14.1. The highest BCUT2D eigenvalue weighted by atomic mass is 32.7. The fourth-order valence-electron chi connectivity index (χ4n) is 5.46. The third-order valence-corrected chi connectivity index (χ3v) is 9.15. The number of halogens is 2. The van der Waals surface area contributed by atoms with Crippen LogP contribution in [-0.2, 0) is 27.7 Å². The fourth-order valence-corrected chi connectivity index (χ4v) is 7.22. The number of ether oxygens (including phenoxy) is 2. The summed E-state index contributed by atoms with van der Waals surface area (Å²) in [6, 6.07) is 0. The molecule has 4 N–H and O–H groups in total. The van der Waals surface area contributed by atoms with Crippen LogP contribution in [0.1, 0.15) is 12.5 Å². The number of thiol groups is 2. The molecule has 0 saturated carbocycles. The number of hydrogen-bond donors (Lipinski definition) is 6. The highest BCUT2D eigenvalue weighted by molar-refractivity contribution is 8.39. The number of nitrogens with one attached hydrogen (secondary N) is 2. The van der Waals surface area contributed by atoms with E-state index in [1.54, 1.807) is 0 Å². The molecule has 0 bridgehead atoms. The minimum Gasteiger partial charge on any atom is -0.394 e. The number of imidazole rings is 2. The van der Waals surface area contributed by atoms with Crippen molar-refractivity contribution in [3.8, 4) is 0 Å². The second kappa shape index (κ2) is 15.4. The lowest BCUT2D eigenvalue weighted by Gasteiger charge is -2.16. The zero-order valence-electron chi connectivity index (χ0n) is 24.5. The van der Waals surface area contributed by atoms with E-state index < -0.39 is 76.9 Å². The monoisotopic (exact) mass is 750 g/mol. The Bertz CT molecular complexity index is 1700. The highest BCUT2D eigenvalue weighted by Gasteiger charge is 2.49. The molecule has 6 heterocycles. The normalized spacial score (nSPS) is 28.9. The topological polar surface area (TPSA) is 223 Å². The zero-order valence-corrected chi connectivity index (χ0v) is 28.3. The van der Waals surface area contributed by atoms with Crippen LogP contribution in [0.25, 0.3) is 22.3 Å². The first-order valence-corrected chi connectivity index (χ1v) is 19.5. The molecule has 0 spiro atoms. The number of rotatable bonds is 14. The Morgan fingerprint density at radius 1 is 0.771 bits per heavy atom. The number of hydrogen-bond acceptors (Lipinski definition) is 16. The van der Waals surface area contributed by atoms with Crippen LogP contribution >= 0.6 is 39.0 Å². The summed E-state index contributed by atoms with van der Waals surface area (Å²) in [5, 5.41) is 25.4. The molecule has 260 valence electrons. The van der Waals surface area contributed by atoms with E-state index in [1.165, 1.54) is 34.4 Å². The lowest BCUT2D eigenvalue weighted by Crippen LogP contribution is -2.31. The van der Waals surface area contributed by atoms with Gasteiger partial charge in [-0.2, -0.15) is 0 Å². The highest BCUT2D eigenvalue weighted by Crippen LogP contribution is 2.42. The van der Waals surface area contributed by atoms with E-state index >= 15 is 8.78 Å². The largest absolute Gasteiger partial charge is 0.394 e. The SMILES string of the molecule is O=[PH](S)O[C@H]1[C@@H](F)[C@H](n2cnc3c(NC/C=C/CNc4ncnc5c4ncn5C4OC(CO)[C@@H](O[PH](=O)S)[C@H]4F)ncnc32)O[C@@H]1CO. The molecule has 6 rings (SSSR count). The van der Waals surface area contributed by atoms with Gasteiger partial charge in [0, 0.05) is 13.1 Å².